The summed E-state index contributed by atoms with van der Waals surface area (Å²) in [5.74, 6) is -1.71. The second-order valence-electron chi connectivity index (χ2n) is 5.79. The van der Waals surface area contributed by atoms with Gasteiger partial charge in [0.15, 0.2) is 0 Å². The molecule has 0 unspecified atom stereocenters. The fourth-order valence-corrected chi connectivity index (χ4v) is 2.45. The predicted molar refractivity (Wildman–Crippen MR) is 96.2 cm³/mol. The number of carbonyl (C=O) groups excluding carboxylic acids is 1. The van der Waals surface area contributed by atoms with E-state index in [4.69, 9.17) is 0 Å². The molecule has 1 amide bonds. The van der Waals surface area contributed by atoms with E-state index in [1.807, 2.05) is 31.2 Å². The van der Waals surface area contributed by atoms with Crippen molar-refractivity contribution in [3.05, 3.63) is 89.2 Å². The van der Waals surface area contributed by atoms with E-state index in [2.05, 4.69) is 15.6 Å². The van der Waals surface area contributed by atoms with Gasteiger partial charge in [0.25, 0.3) is 5.91 Å². The topological polar surface area (TPSA) is 54.0 Å². The number of amides is 1. The summed E-state index contributed by atoms with van der Waals surface area (Å²) < 4.78 is 26.7. The second-order valence-corrected chi connectivity index (χ2v) is 5.79. The number of hydrogen-bond donors (Lipinski definition) is 2. The van der Waals surface area contributed by atoms with E-state index < -0.39 is 11.6 Å². The molecular weight excluding hydrogens is 336 g/mol. The molecule has 0 saturated heterocycles. The summed E-state index contributed by atoms with van der Waals surface area (Å²) >= 11 is 0. The Morgan fingerprint density at radius 1 is 1.08 bits per heavy atom. The van der Waals surface area contributed by atoms with Gasteiger partial charge in [0.1, 0.15) is 17.3 Å². The van der Waals surface area contributed by atoms with Crippen LogP contribution in [0, 0.1) is 18.6 Å². The van der Waals surface area contributed by atoms with E-state index in [1.54, 1.807) is 6.07 Å². The highest BCUT2D eigenvalue weighted by atomic mass is 19.1. The normalized spacial score (nSPS) is 10.4. The molecule has 3 rings (SSSR count). The Hall–Kier alpha value is -3.28. The SMILES string of the molecule is Cc1ccccc1CNC(=O)c1cc(Nc2ccc(F)cc2F)ccn1. The lowest BCUT2D eigenvalue weighted by Gasteiger charge is -2.10. The van der Waals surface area contributed by atoms with E-state index in [9.17, 15) is 13.6 Å². The quantitative estimate of drug-likeness (QED) is 0.717. The molecule has 1 heterocycles. The van der Waals surface area contributed by atoms with Crippen LogP contribution in [-0.4, -0.2) is 10.9 Å². The van der Waals surface area contributed by atoms with Crippen LogP contribution in [0.3, 0.4) is 0 Å². The van der Waals surface area contributed by atoms with Gasteiger partial charge in [-0.2, -0.15) is 0 Å². The minimum atomic E-state index is -0.715. The molecule has 6 heteroatoms. The molecule has 0 spiro atoms. The maximum Gasteiger partial charge on any atom is 0.270 e. The van der Waals surface area contributed by atoms with E-state index in [0.29, 0.717) is 12.2 Å². The van der Waals surface area contributed by atoms with Crippen molar-refractivity contribution in [2.45, 2.75) is 13.5 Å². The summed E-state index contributed by atoms with van der Waals surface area (Å²) in [5.41, 5.74) is 2.90. The van der Waals surface area contributed by atoms with Crippen molar-refractivity contribution in [1.29, 1.82) is 0 Å². The number of rotatable bonds is 5. The molecule has 0 aliphatic carbocycles. The van der Waals surface area contributed by atoms with Crippen LogP contribution in [-0.2, 0) is 6.54 Å². The highest BCUT2D eigenvalue weighted by Crippen LogP contribution is 2.21. The standard InChI is InChI=1S/C20H17F2N3O/c1-13-4-2-3-5-14(13)12-24-20(26)19-11-16(8-9-23-19)25-18-7-6-15(21)10-17(18)22/h2-11H,12H2,1H3,(H,23,25)(H,24,26). The lowest BCUT2D eigenvalue weighted by Crippen LogP contribution is -2.24. The lowest BCUT2D eigenvalue weighted by atomic mass is 10.1. The zero-order chi connectivity index (χ0) is 18.5. The van der Waals surface area contributed by atoms with Gasteiger partial charge in [0.2, 0.25) is 0 Å². The van der Waals surface area contributed by atoms with Gasteiger partial charge < -0.3 is 10.6 Å². The van der Waals surface area contributed by atoms with Crippen LogP contribution in [0.15, 0.2) is 60.8 Å². The van der Waals surface area contributed by atoms with Crippen molar-refractivity contribution < 1.29 is 13.6 Å². The minimum Gasteiger partial charge on any atom is -0.353 e. The molecule has 0 atom stereocenters. The van der Waals surface area contributed by atoms with Gasteiger partial charge in [-0.05, 0) is 42.3 Å². The first-order chi connectivity index (χ1) is 12.5. The number of carbonyl (C=O) groups is 1. The Kier molecular flexibility index (Phi) is 5.22. The number of pyridine rings is 1. The molecule has 2 aromatic carbocycles. The first-order valence-electron chi connectivity index (χ1n) is 8.04. The highest BCUT2D eigenvalue weighted by molar-refractivity contribution is 5.93. The Morgan fingerprint density at radius 2 is 1.88 bits per heavy atom. The number of hydrogen-bond acceptors (Lipinski definition) is 3. The average molecular weight is 353 g/mol. The zero-order valence-corrected chi connectivity index (χ0v) is 14.1. The summed E-state index contributed by atoms with van der Waals surface area (Å²) in [4.78, 5) is 16.4. The largest absolute Gasteiger partial charge is 0.353 e. The van der Waals surface area contributed by atoms with Crippen LogP contribution in [0.1, 0.15) is 21.6 Å². The van der Waals surface area contributed by atoms with Gasteiger partial charge in [-0.15, -0.1) is 0 Å². The summed E-state index contributed by atoms with van der Waals surface area (Å²) in [5, 5.41) is 5.63. The van der Waals surface area contributed by atoms with E-state index >= 15 is 0 Å². The Labute approximate surface area is 149 Å². The van der Waals surface area contributed by atoms with E-state index in [0.717, 1.165) is 23.3 Å². The molecule has 3 aromatic rings. The molecule has 132 valence electrons. The van der Waals surface area contributed by atoms with Crippen LogP contribution < -0.4 is 10.6 Å². The van der Waals surface area contributed by atoms with Gasteiger partial charge in [0.05, 0.1) is 5.69 Å². The number of aryl methyl sites for hydroxylation is 1. The zero-order valence-electron chi connectivity index (χ0n) is 14.1. The van der Waals surface area contributed by atoms with E-state index in [1.165, 1.54) is 18.3 Å². The number of aromatic nitrogens is 1. The molecular formula is C20H17F2N3O. The second kappa shape index (κ2) is 7.74. The van der Waals surface area contributed by atoms with Crippen LogP contribution >= 0.6 is 0 Å². The molecule has 26 heavy (non-hydrogen) atoms. The summed E-state index contributed by atoms with van der Waals surface area (Å²) in [7, 11) is 0. The molecule has 0 aliphatic rings. The van der Waals surface area contributed by atoms with Crippen LogP contribution in [0.5, 0.6) is 0 Å². The first-order valence-corrected chi connectivity index (χ1v) is 8.04. The Bertz CT molecular complexity index is 944. The smallest absolute Gasteiger partial charge is 0.270 e. The van der Waals surface area contributed by atoms with Crippen molar-refractivity contribution in [2.75, 3.05) is 5.32 Å². The third kappa shape index (κ3) is 4.22. The highest BCUT2D eigenvalue weighted by Gasteiger charge is 2.10. The Morgan fingerprint density at radius 3 is 2.65 bits per heavy atom. The molecule has 0 radical (unpaired) electrons. The average Bonchev–Trinajstić information content (AvgIpc) is 2.63. The third-order valence-electron chi connectivity index (χ3n) is 3.90. The molecule has 0 saturated carbocycles. The van der Waals surface area contributed by atoms with Crippen molar-refractivity contribution >= 4 is 17.3 Å². The van der Waals surface area contributed by atoms with Crippen LogP contribution in [0.2, 0.25) is 0 Å². The number of anilines is 2. The summed E-state index contributed by atoms with van der Waals surface area (Å²) in [6, 6.07) is 14.1. The van der Waals surface area contributed by atoms with Gasteiger partial charge in [-0.1, -0.05) is 24.3 Å². The molecule has 1 aromatic heterocycles. The fourth-order valence-electron chi connectivity index (χ4n) is 2.45. The van der Waals surface area contributed by atoms with Gasteiger partial charge in [-0.25, -0.2) is 8.78 Å². The monoisotopic (exact) mass is 353 g/mol. The van der Waals surface area contributed by atoms with Crippen molar-refractivity contribution in [2.24, 2.45) is 0 Å². The van der Waals surface area contributed by atoms with Gasteiger partial charge in [0, 0.05) is 24.5 Å². The Balaban J connectivity index is 1.70. The van der Waals surface area contributed by atoms with Crippen LogP contribution in [0.4, 0.5) is 20.2 Å². The molecule has 0 fully saturated rings. The summed E-state index contributed by atoms with van der Waals surface area (Å²) in [6.45, 7) is 2.36. The molecule has 4 nitrogen and oxygen atoms in total. The predicted octanol–water partition coefficient (Wildman–Crippen LogP) is 4.34. The number of halogens is 2. The molecule has 0 aliphatic heterocycles. The number of nitrogens with zero attached hydrogens (tertiary/aromatic N) is 1. The number of nitrogens with one attached hydrogen (secondary N) is 2. The lowest BCUT2D eigenvalue weighted by molar-refractivity contribution is 0.0946. The summed E-state index contributed by atoms with van der Waals surface area (Å²) in [6.07, 6.45) is 1.45. The molecule has 0 bridgehead atoms. The first kappa shape index (κ1) is 17.5. The maximum absolute atomic E-state index is 13.7. The van der Waals surface area contributed by atoms with Crippen molar-refractivity contribution in [1.82, 2.24) is 10.3 Å². The van der Waals surface area contributed by atoms with Crippen LogP contribution in [0.25, 0.3) is 0 Å². The van der Waals surface area contributed by atoms with Gasteiger partial charge in [-0.3, -0.25) is 9.78 Å². The minimum absolute atomic E-state index is 0.115. The van der Waals surface area contributed by atoms with Gasteiger partial charge >= 0.3 is 0 Å². The number of benzene rings is 2. The molecule has 2 N–H and O–H groups in total. The van der Waals surface area contributed by atoms with Crippen molar-refractivity contribution in [3.63, 3.8) is 0 Å². The maximum atomic E-state index is 13.7. The fraction of sp³-hybridized carbons (Fsp3) is 0.100. The van der Waals surface area contributed by atoms with Crippen molar-refractivity contribution in [3.8, 4) is 0 Å². The van der Waals surface area contributed by atoms with E-state index in [-0.39, 0.29) is 17.3 Å². The third-order valence-corrected chi connectivity index (χ3v) is 3.90.